The lowest BCUT2D eigenvalue weighted by Crippen LogP contribution is -2.26. The number of thiazole rings is 1. The first-order chi connectivity index (χ1) is 14.1. The van der Waals surface area contributed by atoms with Crippen LogP contribution in [-0.2, 0) is 16.0 Å². The van der Waals surface area contributed by atoms with E-state index < -0.39 is 6.10 Å². The van der Waals surface area contributed by atoms with E-state index in [4.69, 9.17) is 19.2 Å². The Morgan fingerprint density at radius 3 is 2.86 bits per heavy atom. The van der Waals surface area contributed by atoms with Gasteiger partial charge in [-0.15, -0.1) is 11.3 Å². The van der Waals surface area contributed by atoms with Gasteiger partial charge in [-0.25, -0.2) is 19.7 Å². The van der Waals surface area contributed by atoms with Gasteiger partial charge in [0.15, 0.2) is 6.10 Å². The number of carbonyl (C=O) groups excluding carboxylic acids is 1. The summed E-state index contributed by atoms with van der Waals surface area (Å²) in [4.78, 5) is 25.8. The summed E-state index contributed by atoms with van der Waals surface area (Å²) in [5.41, 5.74) is 5.39. The topological polar surface area (TPSA) is 83.4 Å². The van der Waals surface area contributed by atoms with Gasteiger partial charge in [0, 0.05) is 17.5 Å². The molecule has 4 aromatic rings. The third-order valence-electron chi connectivity index (χ3n) is 4.95. The van der Waals surface area contributed by atoms with Crippen LogP contribution in [0.5, 0.6) is 11.6 Å². The maximum atomic E-state index is 11.9. The monoisotopic (exact) mass is 407 g/mol. The highest BCUT2D eigenvalue weighted by molar-refractivity contribution is 7.22. The second-order valence-electron chi connectivity index (χ2n) is 6.84. The summed E-state index contributed by atoms with van der Waals surface area (Å²) < 4.78 is 16.8. The Hall–Kier alpha value is -3.26. The molecule has 0 N–H and O–H groups in total. The standard InChI is InChI=1S/C21H17N3O4S/c1-10-6-12(18-14(7-10)23-17(26-2)9-22-18)20-24-13-4-5-15-11(19(13)29-20)8-16(28-15)21(25)27-3/h4-7,9,16H,8H2,1-3H3. The molecular weight excluding hydrogens is 390 g/mol. The van der Waals surface area contributed by atoms with E-state index in [1.165, 1.54) is 7.11 Å². The van der Waals surface area contributed by atoms with Gasteiger partial charge in [-0.3, -0.25) is 0 Å². The number of aromatic nitrogens is 3. The van der Waals surface area contributed by atoms with E-state index in [2.05, 4.69) is 16.0 Å². The highest BCUT2D eigenvalue weighted by Gasteiger charge is 2.32. The third-order valence-corrected chi connectivity index (χ3v) is 6.11. The average Bonchev–Trinajstić information content (AvgIpc) is 3.35. The minimum atomic E-state index is -0.607. The van der Waals surface area contributed by atoms with Crippen molar-refractivity contribution in [3.8, 4) is 22.2 Å². The van der Waals surface area contributed by atoms with Gasteiger partial charge in [0.1, 0.15) is 10.8 Å². The van der Waals surface area contributed by atoms with Crippen molar-refractivity contribution in [2.45, 2.75) is 19.4 Å². The molecular formula is C21H17N3O4S. The molecule has 0 amide bonds. The molecule has 2 aromatic heterocycles. The van der Waals surface area contributed by atoms with Crippen molar-refractivity contribution in [1.82, 2.24) is 15.0 Å². The lowest BCUT2D eigenvalue weighted by Gasteiger charge is -2.06. The fourth-order valence-corrected chi connectivity index (χ4v) is 4.73. The zero-order valence-electron chi connectivity index (χ0n) is 16.1. The molecule has 2 aromatic carbocycles. The van der Waals surface area contributed by atoms with Crippen LogP contribution in [0, 0.1) is 6.92 Å². The van der Waals surface area contributed by atoms with Gasteiger partial charge in [0.25, 0.3) is 0 Å². The summed E-state index contributed by atoms with van der Waals surface area (Å²) in [6.07, 6.45) is 1.48. The Bertz CT molecular complexity index is 1280. The number of esters is 1. The Balaban J connectivity index is 1.65. The van der Waals surface area contributed by atoms with Crippen LogP contribution in [0.15, 0.2) is 30.5 Å². The van der Waals surface area contributed by atoms with E-state index in [1.807, 2.05) is 25.1 Å². The number of ether oxygens (including phenoxy) is 3. The highest BCUT2D eigenvalue weighted by atomic mass is 32.1. The molecule has 7 nitrogen and oxygen atoms in total. The molecule has 1 atom stereocenters. The molecule has 1 aliphatic rings. The number of methoxy groups -OCH3 is 2. The predicted octanol–water partition coefficient (Wildman–Crippen LogP) is 3.70. The van der Waals surface area contributed by atoms with Crippen LogP contribution in [0.2, 0.25) is 0 Å². The molecule has 0 spiro atoms. The minimum absolute atomic E-state index is 0.368. The normalized spacial score (nSPS) is 15.3. The fraction of sp³-hybridized carbons (Fsp3) is 0.238. The van der Waals surface area contributed by atoms with Crippen molar-refractivity contribution < 1.29 is 19.0 Å². The van der Waals surface area contributed by atoms with Gasteiger partial charge >= 0.3 is 5.97 Å². The summed E-state index contributed by atoms with van der Waals surface area (Å²) in [7, 11) is 2.94. The van der Waals surface area contributed by atoms with Crippen molar-refractivity contribution in [3.63, 3.8) is 0 Å². The smallest absolute Gasteiger partial charge is 0.347 e. The lowest BCUT2D eigenvalue weighted by molar-refractivity contribution is -0.147. The number of benzene rings is 2. The van der Waals surface area contributed by atoms with Gasteiger partial charge in [-0.1, -0.05) is 0 Å². The quantitative estimate of drug-likeness (QED) is 0.479. The largest absolute Gasteiger partial charge is 0.480 e. The second-order valence-corrected chi connectivity index (χ2v) is 7.83. The number of fused-ring (bicyclic) bond motifs is 4. The lowest BCUT2D eigenvalue weighted by atomic mass is 10.1. The van der Waals surface area contributed by atoms with E-state index in [0.29, 0.717) is 18.1 Å². The van der Waals surface area contributed by atoms with Crippen molar-refractivity contribution >= 4 is 38.6 Å². The first-order valence-electron chi connectivity index (χ1n) is 9.06. The first-order valence-corrected chi connectivity index (χ1v) is 9.87. The highest BCUT2D eigenvalue weighted by Crippen LogP contribution is 2.41. The van der Waals surface area contributed by atoms with Crippen molar-refractivity contribution in [2.24, 2.45) is 0 Å². The van der Waals surface area contributed by atoms with Crippen LogP contribution < -0.4 is 9.47 Å². The Kier molecular flexibility index (Phi) is 4.09. The number of rotatable bonds is 3. The maximum absolute atomic E-state index is 11.9. The van der Waals surface area contributed by atoms with Gasteiger partial charge in [0.2, 0.25) is 5.88 Å². The molecule has 29 heavy (non-hydrogen) atoms. The summed E-state index contributed by atoms with van der Waals surface area (Å²) in [6, 6.07) is 7.83. The average molecular weight is 407 g/mol. The summed E-state index contributed by atoms with van der Waals surface area (Å²) in [6.45, 7) is 2.02. The summed E-state index contributed by atoms with van der Waals surface area (Å²) in [5, 5.41) is 0.850. The number of hydrogen-bond acceptors (Lipinski definition) is 8. The molecule has 0 bridgehead atoms. The van der Waals surface area contributed by atoms with Gasteiger partial charge in [-0.05, 0) is 36.8 Å². The van der Waals surface area contributed by atoms with Crippen LogP contribution in [0.3, 0.4) is 0 Å². The molecule has 146 valence electrons. The Morgan fingerprint density at radius 1 is 1.21 bits per heavy atom. The van der Waals surface area contributed by atoms with Crippen LogP contribution in [0.25, 0.3) is 31.8 Å². The van der Waals surface area contributed by atoms with Crippen LogP contribution in [0.4, 0.5) is 0 Å². The van der Waals surface area contributed by atoms with Crippen molar-refractivity contribution in [1.29, 1.82) is 0 Å². The molecule has 1 aliphatic heterocycles. The van der Waals surface area contributed by atoms with E-state index in [-0.39, 0.29) is 5.97 Å². The zero-order chi connectivity index (χ0) is 20.1. The van der Waals surface area contributed by atoms with Crippen LogP contribution in [0.1, 0.15) is 11.1 Å². The molecule has 8 heteroatoms. The number of nitrogens with zero attached hydrogens (tertiary/aromatic N) is 3. The molecule has 5 rings (SSSR count). The SMILES string of the molecule is COC(=O)C1Cc2c(ccc3nc(-c4cc(C)cc5nc(OC)cnc45)sc23)O1. The predicted molar refractivity (Wildman–Crippen MR) is 110 cm³/mol. The fourth-order valence-electron chi connectivity index (χ4n) is 3.60. The molecule has 0 fully saturated rings. The van der Waals surface area contributed by atoms with Crippen LogP contribution >= 0.6 is 11.3 Å². The molecule has 0 aliphatic carbocycles. The van der Waals surface area contributed by atoms with E-state index in [1.54, 1.807) is 24.6 Å². The van der Waals surface area contributed by atoms with Gasteiger partial charge in [-0.2, -0.15) is 0 Å². The molecule has 3 heterocycles. The van der Waals surface area contributed by atoms with Crippen molar-refractivity contribution in [2.75, 3.05) is 14.2 Å². The second kappa shape index (κ2) is 6.66. The van der Waals surface area contributed by atoms with Gasteiger partial charge in [0.05, 0.1) is 41.7 Å². The Morgan fingerprint density at radius 2 is 2.07 bits per heavy atom. The van der Waals surface area contributed by atoms with Crippen LogP contribution in [-0.4, -0.2) is 41.2 Å². The van der Waals surface area contributed by atoms with E-state index in [9.17, 15) is 4.79 Å². The van der Waals surface area contributed by atoms with Crippen molar-refractivity contribution in [3.05, 3.63) is 41.6 Å². The zero-order valence-corrected chi connectivity index (χ0v) is 16.9. The number of aryl methyl sites for hydroxylation is 1. The van der Waals surface area contributed by atoms with E-state index >= 15 is 0 Å². The van der Waals surface area contributed by atoms with E-state index in [0.717, 1.165) is 42.9 Å². The van der Waals surface area contributed by atoms with Gasteiger partial charge < -0.3 is 14.2 Å². The molecule has 0 saturated carbocycles. The molecule has 1 unspecified atom stereocenters. The minimum Gasteiger partial charge on any atom is -0.480 e. The summed E-state index contributed by atoms with van der Waals surface area (Å²) in [5.74, 6) is 0.817. The first kappa shape index (κ1) is 17.8. The molecule has 0 radical (unpaired) electrons. The summed E-state index contributed by atoms with van der Waals surface area (Å²) >= 11 is 1.57. The molecule has 0 saturated heterocycles. The maximum Gasteiger partial charge on any atom is 0.347 e. The number of hydrogen-bond donors (Lipinski definition) is 0. The third kappa shape index (κ3) is 2.87. The number of carbonyl (C=O) groups is 1. The Labute approximate surface area is 170 Å².